The Morgan fingerprint density at radius 3 is 2.07 bits per heavy atom. The van der Waals surface area contributed by atoms with E-state index in [4.69, 9.17) is 14.2 Å². The van der Waals surface area contributed by atoms with Gasteiger partial charge in [-0.1, -0.05) is 60.7 Å². The lowest BCUT2D eigenvalue weighted by molar-refractivity contribution is 0.152. The average molecular weight is 404 g/mol. The number of amides is 1. The molecule has 0 aromatic heterocycles. The highest BCUT2D eigenvalue weighted by atomic mass is 16.5. The van der Waals surface area contributed by atoms with Gasteiger partial charge in [0.1, 0.15) is 13.2 Å². The van der Waals surface area contributed by atoms with Crippen LogP contribution in [0.2, 0.25) is 0 Å². The Hall–Kier alpha value is -3.80. The molecule has 30 heavy (non-hydrogen) atoms. The number of nitrogens with one attached hydrogen (secondary N) is 1. The summed E-state index contributed by atoms with van der Waals surface area (Å²) in [5.41, 5.74) is 5.17. The van der Waals surface area contributed by atoms with E-state index in [0.29, 0.717) is 24.7 Å². The van der Waals surface area contributed by atoms with E-state index in [1.165, 1.54) is 6.21 Å². The Morgan fingerprint density at radius 2 is 1.47 bits per heavy atom. The van der Waals surface area contributed by atoms with Gasteiger partial charge in [-0.3, -0.25) is 0 Å². The van der Waals surface area contributed by atoms with Crippen molar-refractivity contribution < 1.29 is 19.0 Å². The number of nitrogens with zero attached hydrogens (tertiary/aromatic N) is 1. The van der Waals surface area contributed by atoms with E-state index in [-0.39, 0.29) is 6.61 Å². The van der Waals surface area contributed by atoms with Gasteiger partial charge in [-0.15, -0.1) is 0 Å². The summed E-state index contributed by atoms with van der Waals surface area (Å²) in [6.07, 6.45) is 0.921. The second kappa shape index (κ2) is 11.3. The van der Waals surface area contributed by atoms with Crippen molar-refractivity contribution in [3.05, 3.63) is 95.6 Å². The number of hydrazone groups is 1. The first kappa shape index (κ1) is 20.9. The number of rotatable bonds is 9. The van der Waals surface area contributed by atoms with Crippen LogP contribution in [0.5, 0.6) is 11.5 Å². The molecule has 1 amide bonds. The molecule has 0 radical (unpaired) electrons. The third-order valence-corrected chi connectivity index (χ3v) is 4.09. The SMILES string of the molecule is CCOC(=O)NN=Cc1ccc(OCc2ccccc2)c(OCc2ccccc2)c1. The molecule has 3 rings (SSSR count). The smallest absolute Gasteiger partial charge is 0.427 e. The monoisotopic (exact) mass is 404 g/mol. The van der Waals surface area contributed by atoms with Gasteiger partial charge in [0.2, 0.25) is 0 Å². The summed E-state index contributed by atoms with van der Waals surface area (Å²) in [6.45, 7) is 2.85. The standard InChI is InChI=1S/C24H24N2O4/c1-2-28-24(27)26-25-16-21-13-14-22(29-17-19-9-5-3-6-10-19)23(15-21)30-18-20-11-7-4-8-12-20/h3-16H,2,17-18H2,1H3,(H,26,27). The van der Waals surface area contributed by atoms with Crippen LogP contribution in [0.1, 0.15) is 23.6 Å². The van der Waals surface area contributed by atoms with Crippen molar-refractivity contribution in [3.63, 3.8) is 0 Å². The summed E-state index contributed by atoms with van der Waals surface area (Å²) in [7, 11) is 0. The Kier molecular flexibility index (Phi) is 7.85. The van der Waals surface area contributed by atoms with Crippen molar-refractivity contribution in [2.24, 2.45) is 5.10 Å². The van der Waals surface area contributed by atoms with Crippen LogP contribution in [0, 0.1) is 0 Å². The zero-order chi connectivity index (χ0) is 21.0. The van der Waals surface area contributed by atoms with Crippen LogP contribution >= 0.6 is 0 Å². The number of benzene rings is 3. The van der Waals surface area contributed by atoms with Crippen LogP contribution in [0.25, 0.3) is 0 Å². The summed E-state index contributed by atoms with van der Waals surface area (Å²) in [6, 6.07) is 25.3. The van der Waals surface area contributed by atoms with Gasteiger partial charge in [-0.2, -0.15) is 5.10 Å². The van der Waals surface area contributed by atoms with Gasteiger partial charge in [0.05, 0.1) is 12.8 Å². The van der Waals surface area contributed by atoms with Crippen LogP contribution in [-0.4, -0.2) is 18.9 Å². The maximum absolute atomic E-state index is 11.3. The van der Waals surface area contributed by atoms with Crippen molar-refractivity contribution in [1.82, 2.24) is 5.43 Å². The van der Waals surface area contributed by atoms with E-state index in [9.17, 15) is 4.79 Å². The zero-order valence-corrected chi connectivity index (χ0v) is 16.8. The molecular formula is C24H24N2O4. The molecule has 0 saturated carbocycles. The van der Waals surface area contributed by atoms with Gasteiger partial charge in [0, 0.05) is 0 Å². The van der Waals surface area contributed by atoms with Gasteiger partial charge in [-0.05, 0) is 41.8 Å². The predicted octanol–water partition coefficient (Wildman–Crippen LogP) is 4.92. The van der Waals surface area contributed by atoms with Gasteiger partial charge in [-0.25, -0.2) is 10.2 Å². The van der Waals surface area contributed by atoms with Gasteiger partial charge >= 0.3 is 6.09 Å². The molecule has 154 valence electrons. The largest absolute Gasteiger partial charge is 0.485 e. The van der Waals surface area contributed by atoms with E-state index < -0.39 is 6.09 Å². The average Bonchev–Trinajstić information content (AvgIpc) is 2.78. The van der Waals surface area contributed by atoms with Crippen molar-refractivity contribution in [2.75, 3.05) is 6.61 Å². The van der Waals surface area contributed by atoms with Crippen LogP contribution in [0.4, 0.5) is 4.79 Å². The second-order valence-electron chi connectivity index (χ2n) is 6.35. The molecule has 3 aromatic rings. The Morgan fingerprint density at radius 1 is 0.867 bits per heavy atom. The molecule has 0 atom stereocenters. The molecule has 0 unspecified atom stereocenters. The maximum atomic E-state index is 11.3. The fraction of sp³-hybridized carbons (Fsp3) is 0.167. The van der Waals surface area contributed by atoms with E-state index in [1.807, 2.05) is 78.9 Å². The molecule has 6 heteroatoms. The number of carbonyl (C=O) groups is 1. The van der Waals surface area contributed by atoms with E-state index >= 15 is 0 Å². The molecule has 0 aliphatic rings. The maximum Gasteiger partial charge on any atom is 0.427 e. The molecular weight excluding hydrogens is 380 g/mol. The van der Waals surface area contributed by atoms with E-state index in [0.717, 1.165) is 16.7 Å². The molecule has 0 aliphatic heterocycles. The first-order valence-corrected chi connectivity index (χ1v) is 9.68. The fourth-order valence-electron chi connectivity index (χ4n) is 2.63. The number of carbonyl (C=O) groups excluding carboxylic acids is 1. The van der Waals surface area contributed by atoms with Gasteiger partial charge < -0.3 is 14.2 Å². The molecule has 3 aromatic carbocycles. The van der Waals surface area contributed by atoms with Crippen molar-refractivity contribution in [2.45, 2.75) is 20.1 Å². The number of hydrogen-bond acceptors (Lipinski definition) is 5. The quantitative estimate of drug-likeness (QED) is 0.406. The number of ether oxygens (including phenoxy) is 3. The minimum absolute atomic E-state index is 0.284. The van der Waals surface area contributed by atoms with Gasteiger partial charge in [0.25, 0.3) is 0 Å². The van der Waals surface area contributed by atoms with Crippen molar-refractivity contribution >= 4 is 12.3 Å². The van der Waals surface area contributed by atoms with Crippen LogP contribution < -0.4 is 14.9 Å². The summed E-state index contributed by atoms with van der Waals surface area (Å²) in [5, 5.41) is 3.90. The number of hydrogen-bond donors (Lipinski definition) is 1. The Labute approximate surface area is 176 Å². The highest BCUT2D eigenvalue weighted by molar-refractivity contribution is 5.82. The minimum atomic E-state index is -0.600. The summed E-state index contributed by atoms with van der Waals surface area (Å²) in [5.74, 6) is 1.22. The first-order valence-electron chi connectivity index (χ1n) is 9.68. The third-order valence-electron chi connectivity index (χ3n) is 4.09. The van der Waals surface area contributed by atoms with Crippen molar-refractivity contribution in [1.29, 1.82) is 0 Å². The van der Waals surface area contributed by atoms with Crippen LogP contribution in [-0.2, 0) is 18.0 Å². The molecule has 6 nitrogen and oxygen atoms in total. The topological polar surface area (TPSA) is 69.2 Å². The first-order chi connectivity index (χ1) is 14.7. The summed E-state index contributed by atoms with van der Waals surface area (Å²) >= 11 is 0. The normalized spacial score (nSPS) is 10.6. The molecule has 0 aliphatic carbocycles. The highest BCUT2D eigenvalue weighted by Gasteiger charge is 2.08. The van der Waals surface area contributed by atoms with Crippen LogP contribution in [0.15, 0.2) is 84.0 Å². The summed E-state index contributed by atoms with van der Waals surface area (Å²) in [4.78, 5) is 11.3. The molecule has 0 spiro atoms. The highest BCUT2D eigenvalue weighted by Crippen LogP contribution is 2.29. The molecule has 0 bridgehead atoms. The van der Waals surface area contributed by atoms with E-state index in [2.05, 4.69) is 10.5 Å². The minimum Gasteiger partial charge on any atom is -0.485 e. The van der Waals surface area contributed by atoms with Gasteiger partial charge in [0.15, 0.2) is 11.5 Å². The molecule has 0 fully saturated rings. The predicted molar refractivity (Wildman–Crippen MR) is 116 cm³/mol. The molecule has 0 heterocycles. The second-order valence-corrected chi connectivity index (χ2v) is 6.35. The Bertz CT molecular complexity index is 959. The third kappa shape index (κ3) is 6.67. The fourth-order valence-corrected chi connectivity index (χ4v) is 2.63. The molecule has 0 saturated heterocycles. The lowest BCUT2D eigenvalue weighted by Crippen LogP contribution is -2.18. The lowest BCUT2D eigenvalue weighted by atomic mass is 10.2. The zero-order valence-electron chi connectivity index (χ0n) is 16.8. The Balaban J connectivity index is 1.72. The summed E-state index contributed by atoms with van der Waals surface area (Å²) < 4.78 is 16.8. The van der Waals surface area contributed by atoms with E-state index in [1.54, 1.807) is 6.92 Å². The lowest BCUT2D eigenvalue weighted by Gasteiger charge is -2.14. The molecule has 1 N–H and O–H groups in total. The van der Waals surface area contributed by atoms with Crippen molar-refractivity contribution in [3.8, 4) is 11.5 Å². The van der Waals surface area contributed by atoms with Crippen LogP contribution in [0.3, 0.4) is 0 Å².